The summed E-state index contributed by atoms with van der Waals surface area (Å²) in [7, 11) is 1.73. The lowest BCUT2D eigenvalue weighted by atomic mass is 9.79. The smallest absolute Gasteiger partial charge is 0.251 e. The van der Waals surface area contributed by atoms with Crippen molar-refractivity contribution in [3.8, 4) is 11.3 Å². The van der Waals surface area contributed by atoms with Gasteiger partial charge in [-0.15, -0.1) is 11.3 Å². The molecule has 1 aromatic heterocycles. The van der Waals surface area contributed by atoms with Gasteiger partial charge in [0.05, 0.1) is 17.8 Å². The summed E-state index contributed by atoms with van der Waals surface area (Å²) in [5, 5.41) is 8.45. The zero-order valence-electron chi connectivity index (χ0n) is 13.9. The van der Waals surface area contributed by atoms with Gasteiger partial charge < -0.3 is 15.4 Å². The van der Waals surface area contributed by atoms with Crippen molar-refractivity contribution in [1.82, 2.24) is 15.6 Å². The van der Waals surface area contributed by atoms with Crippen LogP contribution in [-0.4, -0.2) is 44.2 Å². The van der Waals surface area contributed by atoms with Crippen molar-refractivity contribution >= 4 is 17.2 Å². The van der Waals surface area contributed by atoms with Crippen LogP contribution in [0.5, 0.6) is 0 Å². The normalized spacial score (nSPS) is 16.7. The lowest BCUT2D eigenvalue weighted by molar-refractivity contribution is 0.0512. The molecule has 6 heteroatoms. The molecule has 3 rings (SSSR count). The first kappa shape index (κ1) is 17.1. The summed E-state index contributed by atoms with van der Waals surface area (Å²) in [4.78, 5) is 16.9. The molecule has 0 unspecified atom stereocenters. The van der Waals surface area contributed by atoms with Gasteiger partial charge in [-0.05, 0) is 38.1 Å². The minimum atomic E-state index is -0.0407. The highest BCUT2D eigenvalue weighted by molar-refractivity contribution is 7.07. The molecule has 2 heterocycles. The van der Waals surface area contributed by atoms with Crippen molar-refractivity contribution in [2.75, 3.05) is 33.4 Å². The molecule has 1 amide bonds. The maximum atomic E-state index is 12.6. The number of hydrogen-bond donors (Lipinski definition) is 2. The maximum Gasteiger partial charge on any atom is 0.251 e. The first-order valence-electron chi connectivity index (χ1n) is 8.19. The maximum absolute atomic E-state index is 12.6. The molecule has 1 aromatic carbocycles. The van der Waals surface area contributed by atoms with E-state index in [1.165, 1.54) is 0 Å². The molecule has 1 aliphatic heterocycles. The number of piperidine rings is 1. The largest absolute Gasteiger partial charge is 0.384 e. The van der Waals surface area contributed by atoms with Crippen LogP contribution in [-0.2, 0) is 4.74 Å². The van der Waals surface area contributed by atoms with E-state index in [1.807, 2.05) is 29.6 Å². The monoisotopic (exact) mass is 345 g/mol. The summed E-state index contributed by atoms with van der Waals surface area (Å²) in [6.45, 7) is 3.26. The van der Waals surface area contributed by atoms with Crippen LogP contribution in [0.25, 0.3) is 11.3 Å². The lowest BCUT2D eigenvalue weighted by Crippen LogP contribution is -2.47. The number of thiazole rings is 1. The van der Waals surface area contributed by atoms with Crippen molar-refractivity contribution in [1.29, 1.82) is 0 Å². The van der Waals surface area contributed by atoms with Gasteiger partial charge in [0, 0.05) is 35.6 Å². The fourth-order valence-electron chi connectivity index (χ4n) is 3.18. The van der Waals surface area contributed by atoms with Crippen LogP contribution in [0.3, 0.4) is 0 Å². The number of amides is 1. The first-order chi connectivity index (χ1) is 11.7. The molecule has 5 nitrogen and oxygen atoms in total. The predicted molar refractivity (Wildman–Crippen MR) is 96.3 cm³/mol. The Morgan fingerprint density at radius 2 is 2.25 bits per heavy atom. The zero-order valence-corrected chi connectivity index (χ0v) is 14.7. The third kappa shape index (κ3) is 4.01. The molecule has 0 spiro atoms. The molecule has 24 heavy (non-hydrogen) atoms. The Labute approximate surface area is 146 Å². The Kier molecular flexibility index (Phi) is 5.60. The van der Waals surface area contributed by atoms with Crippen LogP contribution in [0.1, 0.15) is 23.2 Å². The second-order valence-electron chi connectivity index (χ2n) is 6.32. The summed E-state index contributed by atoms with van der Waals surface area (Å²) in [5.74, 6) is -0.0407. The Morgan fingerprint density at radius 1 is 1.42 bits per heavy atom. The molecular weight excluding hydrogens is 322 g/mol. The number of methoxy groups -OCH3 is 1. The van der Waals surface area contributed by atoms with E-state index in [9.17, 15) is 4.79 Å². The SMILES string of the molecule is COCC1(CNC(=O)c2cccc(-c3cscn3)c2)CCNCC1. The molecule has 2 aromatic rings. The Morgan fingerprint density at radius 3 is 2.96 bits per heavy atom. The minimum absolute atomic E-state index is 0.0299. The molecule has 1 saturated heterocycles. The van der Waals surface area contributed by atoms with Crippen LogP contribution >= 0.6 is 11.3 Å². The highest BCUT2D eigenvalue weighted by atomic mass is 32.1. The molecule has 0 aliphatic carbocycles. The molecule has 0 radical (unpaired) electrons. The van der Waals surface area contributed by atoms with E-state index in [0.29, 0.717) is 18.7 Å². The van der Waals surface area contributed by atoms with E-state index in [0.717, 1.165) is 37.2 Å². The number of aromatic nitrogens is 1. The van der Waals surface area contributed by atoms with Gasteiger partial charge in [-0.25, -0.2) is 4.98 Å². The van der Waals surface area contributed by atoms with Gasteiger partial charge in [-0.3, -0.25) is 4.79 Å². The van der Waals surface area contributed by atoms with E-state index in [-0.39, 0.29) is 11.3 Å². The molecule has 1 fully saturated rings. The number of ether oxygens (including phenoxy) is 1. The number of rotatable bonds is 6. The summed E-state index contributed by atoms with van der Waals surface area (Å²) < 4.78 is 5.40. The van der Waals surface area contributed by atoms with Gasteiger partial charge in [0.25, 0.3) is 5.91 Å². The molecule has 128 valence electrons. The summed E-state index contributed by atoms with van der Waals surface area (Å²) in [6.07, 6.45) is 2.03. The predicted octanol–water partition coefficient (Wildman–Crippen LogP) is 2.56. The fraction of sp³-hybridized carbons (Fsp3) is 0.444. The minimum Gasteiger partial charge on any atom is -0.384 e. The van der Waals surface area contributed by atoms with Crippen molar-refractivity contribution in [2.24, 2.45) is 5.41 Å². The highest BCUT2D eigenvalue weighted by Gasteiger charge is 2.32. The van der Waals surface area contributed by atoms with Gasteiger partial charge >= 0.3 is 0 Å². The molecule has 2 N–H and O–H groups in total. The number of carbonyl (C=O) groups is 1. The lowest BCUT2D eigenvalue weighted by Gasteiger charge is -2.37. The zero-order chi connectivity index (χ0) is 16.8. The third-order valence-corrected chi connectivity index (χ3v) is 5.18. The molecule has 0 atom stereocenters. The van der Waals surface area contributed by atoms with Gasteiger partial charge in [0.2, 0.25) is 0 Å². The number of hydrogen-bond acceptors (Lipinski definition) is 5. The Bertz CT molecular complexity index is 661. The topological polar surface area (TPSA) is 63.2 Å². The number of carbonyl (C=O) groups excluding carboxylic acids is 1. The van der Waals surface area contributed by atoms with E-state index >= 15 is 0 Å². The molecule has 1 aliphatic rings. The Balaban J connectivity index is 1.67. The highest BCUT2D eigenvalue weighted by Crippen LogP contribution is 2.28. The van der Waals surface area contributed by atoms with Gasteiger partial charge in [0.1, 0.15) is 0 Å². The second-order valence-corrected chi connectivity index (χ2v) is 7.04. The molecule has 0 saturated carbocycles. The van der Waals surface area contributed by atoms with Gasteiger partial charge in [-0.2, -0.15) is 0 Å². The van der Waals surface area contributed by atoms with Gasteiger partial charge in [-0.1, -0.05) is 12.1 Å². The first-order valence-corrected chi connectivity index (χ1v) is 9.13. The van der Waals surface area contributed by atoms with Crippen LogP contribution in [0.4, 0.5) is 0 Å². The number of nitrogens with one attached hydrogen (secondary N) is 2. The number of benzene rings is 1. The molecule has 0 bridgehead atoms. The van der Waals surface area contributed by atoms with Crippen LogP contribution in [0.2, 0.25) is 0 Å². The second kappa shape index (κ2) is 7.88. The van der Waals surface area contributed by atoms with E-state index < -0.39 is 0 Å². The van der Waals surface area contributed by atoms with Crippen LogP contribution in [0.15, 0.2) is 35.2 Å². The fourth-order valence-corrected chi connectivity index (χ4v) is 3.74. The number of nitrogens with zero attached hydrogens (tertiary/aromatic N) is 1. The summed E-state index contributed by atoms with van der Waals surface area (Å²) in [6, 6.07) is 7.62. The average molecular weight is 345 g/mol. The Hall–Kier alpha value is -1.76. The van der Waals surface area contributed by atoms with Crippen molar-refractivity contribution in [3.63, 3.8) is 0 Å². The standard InChI is InChI=1S/C18H23N3O2S/c1-23-12-18(5-7-19-8-6-18)11-20-17(22)15-4-2-3-14(9-15)16-10-24-13-21-16/h2-4,9-10,13,19H,5-8,11-12H2,1H3,(H,20,22). The quantitative estimate of drug-likeness (QED) is 0.845. The molecular formula is C18H23N3O2S. The van der Waals surface area contributed by atoms with E-state index in [2.05, 4.69) is 15.6 Å². The van der Waals surface area contributed by atoms with Crippen LogP contribution in [0, 0.1) is 5.41 Å². The van der Waals surface area contributed by atoms with Crippen molar-refractivity contribution in [2.45, 2.75) is 12.8 Å². The van der Waals surface area contributed by atoms with Gasteiger partial charge in [0.15, 0.2) is 0 Å². The third-order valence-electron chi connectivity index (χ3n) is 4.59. The summed E-state index contributed by atoms with van der Waals surface area (Å²) in [5.41, 5.74) is 4.37. The van der Waals surface area contributed by atoms with Crippen molar-refractivity contribution in [3.05, 3.63) is 40.7 Å². The van der Waals surface area contributed by atoms with E-state index in [1.54, 1.807) is 24.0 Å². The summed E-state index contributed by atoms with van der Waals surface area (Å²) >= 11 is 1.55. The van der Waals surface area contributed by atoms with Crippen molar-refractivity contribution < 1.29 is 9.53 Å². The van der Waals surface area contributed by atoms with Crippen LogP contribution < -0.4 is 10.6 Å². The average Bonchev–Trinajstić information content (AvgIpc) is 3.16. The van der Waals surface area contributed by atoms with E-state index in [4.69, 9.17) is 4.74 Å².